The van der Waals surface area contributed by atoms with E-state index in [4.69, 9.17) is 19.4 Å². The number of nitrogens with zero attached hydrogens (tertiary/aromatic N) is 5. The molecular weight excluding hydrogens is 487 g/mol. The molecule has 3 aromatic rings. The van der Waals surface area contributed by atoms with E-state index in [1.807, 2.05) is 6.92 Å². The minimum atomic E-state index is -2.78. The van der Waals surface area contributed by atoms with Gasteiger partial charge in [0, 0.05) is 28.2 Å². The third-order valence-electron chi connectivity index (χ3n) is 5.94. The van der Waals surface area contributed by atoms with Crippen molar-refractivity contribution in [1.29, 1.82) is 0 Å². The highest BCUT2D eigenvalue weighted by Gasteiger charge is 2.45. The summed E-state index contributed by atoms with van der Waals surface area (Å²) >= 11 is 1.24. The summed E-state index contributed by atoms with van der Waals surface area (Å²) in [6.07, 6.45) is -5.38. The van der Waals surface area contributed by atoms with Gasteiger partial charge in [-0.05, 0) is 36.9 Å². The van der Waals surface area contributed by atoms with Crippen molar-refractivity contribution in [2.45, 2.75) is 74.5 Å². The SMILES string of the molecule is [2H]c1c([2H])c([C@]2([2H])C([2H])([2H])[C@@]2([2H])Nc2nc(SCCC)nc3c2nnn3[C@@H]2C[C@H](OCCO)[C@@H](O)[C@H]2O)c([2H])c(F)c1C. The van der Waals surface area contributed by atoms with Crippen molar-refractivity contribution in [2.24, 2.45) is 0 Å². The fraction of sp³-hybridized carbons (Fsp3) is 0.583. The summed E-state index contributed by atoms with van der Waals surface area (Å²) in [4.78, 5) is 8.90. The molecule has 0 saturated heterocycles. The van der Waals surface area contributed by atoms with Crippen LogP contribution in [-0.4, -0.2) is 83.6 Å². The molecule has 0 radical (unpaired) electrons. The Balaban J connectivity index is 1.59. The molecule has 4 N–H and O–H groups in total. The number of aliphatic hydroxyl groups excluding tert-OH is 3. The van der Waals surface area contributed by atoms with E-state index in [0.717, 1.165) is 6.42 Å². The van der Waals surface area contributed by atoms with Gasteiger partial charge in [-0.1, -0.05) is 36.0 Å². The number of benzene rings is 1. The third kappa shape index (κ3) is 4.92. The Morgan fingerprint density at radius 3 is 2.97 bits per heavy atom. The Kier molecular flexibility index (Phi) is 5.26. The van der Waals surface area contributed by atoms with Crippen molar-refractivity contribution in [3.8, 4) is 0 Å². The molecule has 1 aromatic carbocycles. The van der Waals surface area contributed by atoms with E-state index >= 15 is 0 Å². The van der Waals surface area contributed by atoms with Crippen molar-refractivity contribution in [2.75, 3.05) is 24.3 Å². The molecule has 6 atom stereocenters. The van der Waals surface area contributed by atoms with Crippen LogP contribution in [-0.2, 0) is 4.74 Å². The smallest absolute Gasteiger partial charge is 0.191 e. The van der Waals surface area contributed by atoms with Crippen LogP contribution in [0.1, 0.15) is 58.8 Å². The summed E-state index contributed by atoms with van der Waals surface area (Å²) in [5, 5.41) is 41.4. The maximum atomic E-state index is 14.8. The summed E-state index contributed by atoms with van der Waals surface area (Å²) < 4.78 is 81.3. The van der Waals surface area contributed by atoms with Crippen LogP contribution in [0, 0.1) is 12.7 Å². The van der Waals surface area contributed by atoms with Gasteiger partial charge in [0.2, 0.25) is 0 Å². The van der Waals surface area contributed by atoms with Crippen LogP contribution in [0.25, 0.3) is 11.2 Å². The number of thioether (sulfide) groups is 1. The summed E-state index contributed by atoms with van der Waals surface area (Å²) in [7, 11) is 0. The van der Waals surface area contributed by atoms with Gasteiger partial charge in [0.15, 0.2) is 22.1 Å². The monoisotopic (exact) mass is 525 g/mol. The number of nitrogens with one attached hydrogen (secondary N) is 1. The zero-order chi connectivity index (χ0) is 31.6. The quantitative estimate of drug-likeness (QED) is 0.230. The lowest BCUT2D eigenvalue weighted by molar-refractivity contribution is -0.0629. The fourth-order valence-electron chi connectivity index (χ4n) is 4.02. The zero-order valence-electron chi connectivity index (χ0n) is 26.6. The molecule has 2 aliphatic carbocycles. The maximum absolute atomic E-state index is 14.8. The molecule has 2 fully saturated rings. The number of anilines is 1. The second-order valence-corrected chi connectivity index (χ2v) is 9.58. The predicted octanol–water partition coefficient (Wildman–Crippen LogP) is 2.18. The van der Waals surface area contributed by atoms with Crippen molar-refractivity contribution >= 4 is 28.7 Å². The standard InChI is InChI=1S/C24H31FN6O4S/c1-3-8-36-24-27-22(26-16-10-14(16)13-5-4-12(2)15(25)9-13)19-23(28-24)31(30-29-19)17-11-18(35-7-6-32)21(34)20(17)33/h4-5,9,14,16-18,20-21,32-34H,3,6-8,10-11H2,1-2H3,(H,26,27,28)/t14-,16+,17+,18-,20-,21+/m0/s1/i4D,5D,9D,10D2,14D,16D. The van der Waals surface area contributed by atoms with Crippen molar-refractivity contribution < 1.29 is 34.0 Å². The van der Waals surface area contributed by atoms with Crippen molar-refractivity contribution in [1.82, 2.24) is 25.0 Å². The fourth-order valence-corrected chi connectivity index (χ4v) is 4.72. The number of aliphatic hydroxyl groups is 3. The van der Waals surface area contributed by atoms with Crippen LogP contribution in [0.4, 0.5) is 10.2 Å². The Morgan fingerprint density at radius 2 is 2.19 bits per heavy atom. The van der Waals surface area contributed by atoms with E-state index in [0.29, 0.717) is 5.75 Å². The molecule has 10 nitrogen and oxygen atoms in total. The van der Waals surface area contributed by atoms with Gasteiger partial charge < -0.3 is 25.4 Å². The average molecular weight is 526 g/mol. The van der Waals surface area contributed by atoms with E-state index in [-0.39, 0.29) is 47.3 Å². The molecule has 2 aliphatic rings. The summed E-state index contributed by atoms with van der Waals surface area (Å²) in [5.74, 6) is -3.47. The first-order chi connectivity index (χ1) is 20.2. The Labute approximate surface area is 222 Å². The molecule has 194 valence electrons. The Hall–Kier alpha value is -2.38. The number of halogens is 1. The molecule has 36 heavy (non-hydrogen) atoms. The lowest BCUT2D eigenvalue weighted by Crippen LogP contribution is -2.33. The molecule has 5 rings (SSSR count). The molecule has 2 saturated carbocycles. The van der Waals surface area contributed by atoms with E-state index in [9.17, 15) is 14.6 Å². The Morgan fingerprint density at radius 1 is 1.36 bits per heavy atom. The van der Waals surface area contributed by atoms with Crippen LogP contribution in [0.2, 0.25) is 0 Å². The van der Waals surface area contributed by atoms with Crippen LogP contribution in [0.3, 0.4) is 0 Å². The van der Waals surface area contributed by atoms with Gasteiger partial charge >= 0.3 is 0 Å². The van der Waals surface area contributed by atoms with Gasteiger partial charge in [0.1, 0.15) is 18.0 Å². The van der Waals surface area contributed by atoms with Crippen LogP contribution in [0.15, 0.2) is 23.3 Å². The third-order valence-corrected chi connectivity index (χ3v) is 7.00. The molecule has 0 amide bonds. The summed E-state index contributed by atoms with van der Waals surface area (Å²) in [5.41, 5.74) is -0.998. The molecule has 2 aromatic heterocycles. The van der Waals surface area contributed by atoms with Gasteiger partial charge in [-0.3, -0.25) is 0 Å². The van der Waals surface area contributed by atoms with Crippen molar-refractivity contribution in [3.05, 3.63) is 35.1 Å². The van der Waals surface area contributed by atoms with E-state index in [1.54, 1.807) is 0 Å². The molecular formula is C24H31FN6O4S. The van der Waals surface area contributed by atoms with Crippen LogP contribution >= 0.6 is 11.8 Å². The van der Waals surface area contributed by atoms with Crippen molar-refractivity contribution in [3.63, 3.8) is 0 Å². The van der Waals surface area contributed by atoms with Gasteiger partial charge in [-0.25, -0.2) is 19.0 Å². The number of hydrogen-bond acceptors (Lipinski definition) is 10. The van der Waals surface area contributed by atoms with Gasteiger partial charge in [-0.2, -0.15) is 0 Å². The van der Waals surface area contributed by atoms with Gasteiger partial charge in [-0.15, -0.1) is 5.10 Å². The molecule has 2 heterocycles. The second-order valence-electron chi connectivity index (χ2n) is 8.52. The van der Waals surface area contributed by atoms with Gasteiger partial charge in [0.25, 0.3) is 0 Å². The highest BCUT2D eigenvalue weighted by atomic mass is 32.2. The zero-order valence-corrected chi connectivity index (χ0v) is 20.4. The number of aromatic nitrogens is 5. The predicted molar refractivity (Wildman–Crippen MR) is 133 cm³/mol. The van der Waals surface area contributed by atoms with E-state index in [2.05, 4.69) is 25.6 Å². The normalized spacial score (nSPS) is 35.9. The van der Waals surface area contributed by atoms with Crippen LogP contribution < -0.4 is 5.32 Å². The first-order valence-corrected chi connectivity index (χ1v) is 12.5. The first kappa shape index (κ1) is 18.0. The number of fused-ring (bicyclic) bond motifs is 1. The molecule has 0 aliphatic heterocycles. The molecule has 0 unspecified atom stereocenters. The second kappa shape index (κ2) is 10.5. The minimum Gasteiger partial charge on any atom is -0.394 e. The number of hydrogen-bond donors (Lipinski definition) is 4. The largest absolute Gasteiger partial charge is 0.394 e. The number of ether oxygens (including phenoxy) is 1. The summed E-state index contributed by atoms with van der Waals surface area (Å²) in [6, 6.07) is -5.72. The topological polar surface area (TPSA) is 138 Å². The lowest BCUT2D eigenvalue weighted by Gasteiger charge is -2.17. The molecule has 12 heteroatoms. The average Bonchev–Trinajstić information content (AvgIpc) is 3.35. The first-order valence-electron chi connectivity index (χ1n) is 15.1. The van der Waals surface area contributed by atoms with E-state index < -0.39 is 72.1 Å². The van der Waals surface area contributed by atoms with Gasteiger partial charge in [0.05, 0.1) is 30.8 Å². The maximum Gasteiger partial charge on any atom is 0.191 e. The van der Waals surface area contributed by atoms with E-state index in [1.165, 1.54) is 23.4 Å². The minimum absolute atomic E-state index is 0.0487. The Bertz CT molecular complexity index is 1540. The number of rotatable bonds is 10. The highest BCUT2D eigenvalue weighted by Crippen LogP contribution is 2.44. The molecule has 0 bridgehead atoms. The van der Waals surface area contributed by atoms with Crippen LogP contribution in [0.5, 0.6) is 0 Å². The summed E-state index contributed by atoms with van der Waals surface area (Å²) in [6.45, 7) is 2.81. The highest BCUT2D eigenvalue weighted by molar-refractivity contribution is 7.99. The lowest BCUT2D eigenvalue weighted by atomic mass is 10.1. The molecule has 0 spiro atoms.